The van der Waals surface area contributed by atoms with Gasteiger partial charge in [0.05, 0.1) is 0 Å². The Labute approximate surface area is 123 Å². The summed E-state index contributed by atoms with van der Waals surface area (Å²) in [6.07, 6.45) is 6.84. The molecule has 1 N–H and O–H groups in total. The smallest absolute Gasteiger partial charge is 0.303 e. The van der Waals surface area contributed by atoms with Crippen molar-refractivity contribution in [2.24, 2.45) is 0 Å². The molecule has 20 heavy (non-hydrogen) atoms. The third-order valence-electron chi connectivity index (χ3n) is 2.99. The molecule has 1 aromatic heterocycles. The maximum absolute atomic E-state index is 10.4. The van der Waals surface area contributed by atoms with Gasteiger partial charge in [0.25, 0.3) is 0 Å². The fourth-order valence-electron chi connectivity index (χ4n) is 1.94. The van der Waals surface area contributed by atoms with E-state index in [1.54, 1.807) is 11.3 Å². The molecule has 2 aromatic rings. The first-order valence-corrected chi connectivity index (χ1v) is 7.56. The molecule has 0 saturated carbocycles. The molecule has 1 heterocycles. The van der Waals surface area contributed by atoms with Gasteiger partial charge in [-0.2, -0.15) is 0 Å². The minimum absolute atomic E-state index is 0.197. The van der Waals surface area contributed by atoms with E-state index in [-0.39, 0.29) is 6.42 Å². The SMILES string of the molecule is O=C(O)CCC=Cc1ccc(CCc2ccccc2)s1. The molecule has 0 spiro atoms. The fraction of sp³-hybridized carbons (Fsp3) is 0.235. The molecule has 0 aliphatic rings. The van der Waals surface area contributed by atoms with Crippen LogP contribution < -0.4 is 0 Å². The van der Waals surface area contributed by atoms with Crippen molar-refractivity contribution in [3.8, 4) is 0 Å². The van der Waals surface area contributed by atoms with Gasteiger partial charge in [-0.15, -0.1) is 11.3 Å². The highest BCUT2D eigenvalue weighted by molar-refractivity contribution is 7.12. The highest BCUT2D eigenvalue weighted by Crippen LogP contribution is 2.20. The van der Waals surface area contributed by atoms with Gasteiger partial charge in [-0.25, -0.2) is 0 Å². The predicted molar refractivity (Wildman–Crippen MR) is 84.1 cm³/mol. The minimum Gasteiger partial charge on any atom is -0.481 e. The average molecular weight is 286 g/mol. The number of aliphatic carboxylic acids is 1. The van der Waals surface area contributed by atoms with E-state index < -0.39 is 5.97 Å². The average Bonchev–Trinajstić information content (AvgIpc) is 2.90. The van der Waals surface area contributed by atoms with Crippen LogP contribution in [-0.4, -0.2) is 11.1 Å². The van der Waals surface area contributed by atoms with Crippen LogP contribution in [0.5, 0.6) is 0 Å². The Morgan fingerprint density at radius 1 is 1.10 bits per heavy atom. The second-order valence-electron chi connectivity index (χ2n) is 4.62. The number of rotatable bonds is 7. The number of carboxylic acid groups (broad SMARTS) is 1. The number of hydrogen-bond acceptors (Lipinski definition) is 2. The lowest BCUT2D eigenvalue weighted by molar-refractivity contribution is -0.136. The summed E-state index contributed by atoms with van der Waals surface area (Å²) >= 11 is 1.78. The molecule has 3 heteroatoms. The molecule has 0 radical (unpaired) electrons. The largest absolute Gasteiger partial charge is 0.481 e. The lowest BCUT2D eigenvalue weighted by atomic mass is 10.1. The number of carbonyl (C=O) groups is 1. The van der Waals surface area contributed by atoms with Crippen molar-refractivity contribution < 1.29 is 9.90 Å². The summed E-state index contributed by atoms with van der Waals surface area (Å²) in [7, 11) is 0. The normalized spacial score (nSPS) is 11.0. The summed E-state index contributed by atoms with van der Waals surface area (Å²) in [6.45, 7) is 0. The zero-order chi connectivity index (χ0) is 14.2. The lowest BCUT2D eigenvalue weighted by Gasteiger charge is -1.98. The second kappa shape index (κ2) is 7.65. The number of thiophene rings is 1. The molecule has 0 aliphatic heterocycles. The summed E-state index contributed by atoms with van der Waals surface area (Å²) in [6, 6.07) is 14.7. The topological polar surface area (TPSA) is 37.3 Å². The van der Waals surface area contributed by atoms with Crippen LogP contribution in [0.25, 0.3) is 6.08 Å². The number of benzene rings is 1. The Balaban J connectivity index is 1.81. The van der Waals surface area contributed by atoms with Crippen molar-refractivity contribution in [3.63, 3.8) is 0 Å². The van der Waals surface area contributed by atoms with Gasteiger partial charge in [-0.05, 0) is 43.0 Å². The Kier molecular flexibility index (Phi) is 5.56. The summed E-state index contributed by atoms with van der Waals surface area (Å²) in [5.74, 6) is -0.746. The van der Waals surface area contributed by atoms with E-state index in [1.807, 2.05) is 18.2 Å². The van der Waals surface area contributed by atoms with Crippen LogP contribution >= 0.6 is 11.3 Å². The van der Waals surface area contributed by atoms with E-state index in [4.69, 9.17) is 5.11 Å². The van der Waals surface area contributed by atoms with Gasteiger partial charge in [0.1, 0.15) is 0 Å². The van der Waals surface area contributed by atoms with Gasteiger partial charge in [0.15, 0.2) is 0 Å². The van der Waals surface area contributed by atoms with E-state index in [0.29, 0.717) is 6.42 Å². The van der Waals surface area contributed by atoms with Crippen molar-refractivity contribution in [2.75, 3.05) is 0 Å². The van der Waals surface area contributed by atoms with Crippen molar-refractivity contribution >= 4 is 23.4 Å². The summed E-state index contributed by atoms with van der Waals surface area (Å²) in [5, 5.41) is 8.56. The zero-order valence-electron chi connectivity index (χ0n) is 11.3. The molecule has 2 nitrogen and oxygen atoms in total. The van der Waals surface area contributed by atoms with E-state index in [1.165, 1.54) is 15.3 Å². The van der Waals surface area contributed by atoms with E-state index >= 15 is 0 Å². The fourth-order valence-corrected chi connectivity index (χ4v) is 2.88. The number of hydrogen-bond donors (Lipinski definition) is 1. The maximum atomic E-state index is 10.4. The van der Waals surface area contributed by atoms with Crippen molar-refractivity contribution in [1.82, 2.24) is 0 Å². The molecule has 1 aromatic carbocycles. The molecule has 0 aliphatic carbocycles. The molecular formula is C17H18O2S. The second-order valence-corrected chi connectivity index (χ2v) is 5.82. The number of allylic oxidation sites excluding steroid dienone is 1. The Bertz CT molecular complexity index is 570. The van der Waals surface area contributed by atoms with Crippen LogP contribution in [0.1, 0.15) is 28.2 Å². The molecule has 0 fully saturated rings. The van der Waals surface area contributed by atoms with Crippen LogP contribution in [0.4, 0.5) is 0 Å². The molecule has 0 unspecified atom stereocenters. The quantitative estimate of drug-likeness (QED) is 0.818. The molecular weight excluding hydrogens is 268 g/mol. The molecule has 104 valence electrons. The highest BCUT2D eigenvalue weighted by atomic mass is 32.1. The van der Waals surface area contributed by atoms with Gasteiger partial charge >= 0.3 is 5.97 Å². The Morgan fingerprint density at radius 2 is 1.90 bits per heavy atom. The molecule has 0 saturated heterocycles. The van der Waals surface area contributed by atoms with Crippen LogP contribution in [0.15, 0.2) is 48.5 Å². The van der Waals surface area contributed by atoms with Crippen LogP contribution in [-0.2, 0) is 17.6 Å². The first kappa shape index (κ1) is 14.5. The molecule has 0 atom stereocenters. The molecule has 2 rings (SSSR count). The maximum Gasteiger partial charge on any atom is 0.303 e. The van der Waals surface area contributed by atoms with Crippen molar-refractivity contribution in [2.45, 2.75) is 25.7 Å². The van der Waals surface area contributed by atoms with Gasteiger partial charge in [0.2, 0.25) is 0 Å². The van der Waals surface area contributed by atoms with Gasteiger partial charge < -0.3 is 5.11 Å². The standard InChI is InChI=1S/C17H18O2S/c18-17(19)9-5-4-8-15-12-13-16(20-15)11-10-14-6-2-1-3-7-14/h1-4,6-8,12-13H,5,9-11H2,(H,18,19). The number of aryl methyl sites for hydroxylation is 2. The third kappa shape index (κ3) is 5.02. The minimum atomic E-state index is -0.746. The van der Waals surface area contributed by atoms with Crippen LogP contribution in [0.2, 0.25) is 0 Å². The summed E-state index contributed by atoms with van der Waals surface area (Å²) < 4.78 is 0. The van der Waals surface area contributed by atoms with Crippen LogP contribution in [0, 0.1) is 0 Å². The third-order valence-corrected chi connectivity index (χ3v) is 4.10. The lowest BCUT2D eigenvalue weighted by Crippen LogP contribution is -1.91. The first-order chi connectivity index (χ1) is 9.74. The predicted octanol–water partition coefficient (Wildman–Crippen LogP) is 4.41. The van der Waals surface area contributed by atoms with Crippen molar-refractivity contribution in [3.05, 3.63) is 63.9 Å². The van der Waals surface area contributed by atoms with Crippen molar-refractivity contribution in [1.29, 1.82) is 0 Å². The Morgan fingerprint density at radius 3 is 2.65 bits per heavy atom. The summed E-state index contributed by atoms with van der Waals surface area (Å²) in [5.41, 5.74) is 1.36. The van der Waals surface area contributed by atoms with E-state index in [0.717, 1.165) is 12.8 Å². The summed E-state index contributed by atoms with van der Waals surface area (Å²) in [4.78, 5) is 13.0. The van der Waals surface area contributed by atoms with Gasteiger partial charge in [0, 0.05) is 16.2 Å². The highest BCUT2D eigenvalue weighted by Gasteiger charge is 1.99. The first-order valence-electron chi connectivity index (χ1n) is 6.75. The van der Waals surface area contributed by atoms with E-state index in [9.17, 15) is 4.79 Å². The zero-order valence-corrected chi connectivity index (χ0v) is 12.1. The molecule has 0 bridgehead atoms. The monoisotopic (exact) mass is 286 g/mol. The van der Waals surface area contributed by atoms with Gasteiger partial charge in [-0.1, -0.05) is 36.4 Å². The molecule has 0 amide bonds. The number of carboxylic acids is 1. The van der Waals surface area contributed by atoms with Gasteiger partial charge in [-0.3, -0.25) is 4.79 Å². The van der Waals surface area contributed by atoms with E-state index in [2.05, 4.69) is 36.4 Å². The van der Waals surface area contributed by atoms with Crippen LogP contribution in [0.3, 0.4) is 0 Å². The Hall–Kier alpha value is -1.87.